The predicted molar refractivity (Wildman–Crippen MR) is 71.1 cm³/mol. The standard InChI is InChI=1S/C14H16ClNO2/c15-10-3-1-2-9(6-10)7-14-16-12-8-11(17)4-5-13(12)18-14/h1-3,6,11-13,17H,4-5,7-8H2. The van der Waals surface area contributed by atoms with E-state index in [1.807, 2.05) is 24.3 Å². The Bertz CT molecular complexity index is 475. The molecule has 2 aliphatic rings. The lowest BCUT2D eigenvalue weighted by Gasteiger charge is -2.26. The van der Waals surface area contributed by atoms with Gasteiger partial charge < -0.3 is 9.84 Å². The fourth-order valence-electron chi connectivity index (χ4n) is 2.67. The third kappa shape index (κ3) is 2.52. The second-order valence-electron chi connectivity index (χ2n) is 5.02. The Labute approximate surface area is 111 Å². The maximum absolute atomic E-state index is 9.63. The third-order valence-electron chi connectivity index (χ3n) is 3.57. The zero-order valence-electron chi connectivity index (χ0n) is 10.1. The molecule has 0 radical (unpaired) electrons. The van der Waals surface area contributed by atoms with Crippen molar-refractivity contribution in [2.24, 2.45) is 4.99 Å². The van der Waals surface area contributed by atoms with Crippen LogP contribution in [-0.2, 0) is 11.2 Å². The number of ether oxygens (including phenoxy) is 1. The second kappa shape index (κ2) is 4.90. The van der Waals surface area contributed by atoms with Gasteiger partial charge in [-0.25, -0.2) is 4.99 Å². The van der Waals surface area contributed by atoms with Gasteiger partial charge in [0.1, 0.15) is 6.10 Å². The van der Waals surface area contributed by atoms with Crippen LogP contribution in [0.15, 0.2) is 29.3 Å². The van der Waals surface area contributed by atoms with E-state index in [1.165, 1.54) is 0 Å². The van der Waals surface area contributed by atoms with Crippen LogP contribution >= 0.6 is 11.6 Å². The molecule has 96 valence electrons. The second-order valence-corrected chi connectivity index (χ2v) is 5.46. The lowest BCUT2D eigenvalue weighted by molar-refractivity contribution is 0.0616. The van der Waals surface area contributed by atoms with E-state index < -0.39 is 0 Å². The molecule has 1 aliphatic carbocycles. The summed E-state index contributed by atoms with van der Waals surface area (Å²) in [6, 6.07) is 7.89. The topological polar surface area (TPSA) is 41.8 Å². The van der Waals surface area contributed by atoms with Crippen molar-refractivity contribution in [1.29, 1.82) is 0 Å². The lowest BCUT2D eigenvalue weighted by Crippen LogP contribution is -2.33. The molecule has 1 heterocycles. The average molecular weight is 266 g/mol. The number of nitrogens with zero attached hydrogens (tertiary/aromatic N) is 1. The fourth-order valence-corrected chi connectivity index (χ4v) is 2.88. The van der Waals surface area contributed by atoms with Crippen LogP contribution in [0.2, 0.25) is 5.02 Å². The number of rotatable bonds is 2. The molecule has 18 heavy (non-hydrogen) atoms. The first kappa shape index (κ1) is 12.0. The summed E-state index contributed by atoms with van der Waals surface area (Å²) in [4.78, 5) is 4.58. The summed E-state index contributed by atoms with van der Waals surface area (Å²) in [5.41, 5.74) is 1.11. The van der Waals surface area contributed by atoms with E-state index in [2.05, 4.69) is 4.99 Å². The predicted octanol–water partition coefficient (Wildman–Crippen LogP) is 2.59. The van der Waals surface area contributed by atoms with Gasteiger partial charge in [0.25, 0.3) is 0 Å². The van der Waals surface area contributed by atoms with Crippen molar-refractivity contribution in [3.63, 3.8) is 0 Å². The van der Waals surface area contributed by atoms with Crippen molar-refractivity contribution in [1.82, 2.24) is 0 Å². The lowest BCUT2D eigenvalue weighted by atomic mass is 9.91. The van der Waals surface area contributed by atoms with Crippen molar-refractivity contribution in [3.05, 3.63) is 34.9 Å². The first-order valence-corrected chi connectivity index (χ1v) is 6.74. The van der Waals surface area contributed by atoms with Crippen LogP contribution in [0.1, 0.15) is 24.8 Å². The van der Waals surface area contributed by atoms with Gasteiger partial charge in [0, 0.05) is 11.4 Å². The molecule has 3 rings (SSSR count). The molecule has 1 aromatic rings. The van der Waals surface area contributed by atoms with E-state index in [4.69, 9.17) is 16.3 Å². The number of hydrogen-bond donors (Lipinski definition) is 1. The van der Waals surface area contributed by atoms with Crippen LogP contribution < -0.4 is 0 Å². The van der Waals surface area contributed by atoms with Crippen LogP contribution in [0.5, 0.6) is 0 Å². The van der Waals surface area contributed by atoms with Gasteiger partial charge >= 0.3 is 0 Å². The van der Waals surface area contributed by atoms with Gasteiger partial charge in [0.2, 0.25) is 0 Å². The van der Waals surface area contributed by atoms with Gasteiger partial charge in [-0.05, 0) is 37.0 Å². The van der Waals surface area contributed by atoms with Crippen LogP contribution in [0.4, 0.5) is 0 Å². The van der Waals surface area contributed by atoms with Crippen molar-refractivity contribution < 1.29 is 9.84 Å². The Morgan fingerprint density at radius 2 is 2.28 bits per heavy atom. The van der Waals surface area contributed by atoms with Gasteiger partial charge in [0.15, 0.2) is 5.90 Å². The van der Waals surface area contributed by atoms with Gasteiger partial charge in [-0.15, -0.1) is 0 Å². The van der Waals surface area contributed by atoms with E-state index >= 15 is 0 Å². The molecular weight excluding hydrogens is 250 g/mol. The Hall–Kier alpha value is -1.06. The maximum Gasteiger partial charge on any atom is 0.188 e. The summed E-state index contributed by atoms with van der Waals surface area (Å²) in [5.74, 6) is 0.779. The van der Waals surface area contributed by atoms with Gasteiger partial charge in [-0.1, -0.05) is 23.7 Å². The van der Waals surface area contributed by atoms with Crippen molar-refractivity contribution in [3.8, 4) is 0 Å². The minimum atomic E-state index is -0.218. The Balaban J connectivity index is 1.69. The smallest absolute Gasteiger partial charge is 0.188 e. The number of hydrogen-bond acceptors (Lipinski definition) is 3. The Kier molecular flexibility index (Phi) is 3.27. The molecule has 0 amide bonds. The molecule has 1 aromatic carbocycles. The summed E-state index contributed by atoms with van der Waals surface area (Å²) < 4.78 is 5.85. The highest BCUT2D eigenvalue weighted by molar-refractivity contribution is 6.30. The van der Waals surface area contributed by atoms with Crippen molar-refractivity contribution >= 4 is 17.5 Å². The summed E-state index contributed by atoms with van der Waals surface area (Å²) in [6.45, 7) is 0. The van der Waals surface area contributed by atoms with Gasteiger partial charge in [-0.3, -0.25) is 0 Å². The first-order chi connectivity index (χ1) is 8.70. The fraction of sp³-hybridized carbons (Fsp3) is 0.500. The molecule has 1 saturated carbocycles. The molecule has 0 bridgehead atoms. The summed E-state index contributed by atoms with van der Waals surface area (Å²) >= 11 is 5.96. The largest absolute Gasteiger partial charge is 0.475 e. The molecule has 3 nitrogen and oxygen atoms in total. The maximum atomic E-state index is 9.63. The van der Waals surface area contributed by atoms with E-state index in [0.29, 0.717) is 6.42 Å². The van der Waals surface area contributed by atoms with E-state index in [1.54, 1.807) is 0 Å². The highest BCUT2D eigenvalue weighted by Crippen LogP contribution is 2.29. The average Bonchev–Trinajstić information content (AvgIpc) is 2.70. The number of aliphatic imine (C=N–C) groups is 1. The molecule has 4 heteroatoms. The SMILES string of the molecule is OC1CCC2OC(Cc3cccc(Cl)c3)=NC2C1. The minimum Gasteiger partial charge on any atom is -0.475 e. The third-order valence-corrected chi connectivity index (χ3v) is 3.80. The van der Waals surface area contributed by atoms with Gasteiger partial charge in [-0.2, -0.15) is 0 Å². The van der Waals surface area contributed by atoms with E-state index in [-0.39, 0.29) is 18.2 Å². The molecule has 1 fully saturated rings. The number of halogens is 1. The Morgan fingerprint density at radius 1 is 1.39 bits per heavy atom. The van der Waals surface area contributed by atoms with Crippen molar-refractivity contribution in [2.75, 3.05) is 0 Å². The monoisotopic (exact) mass is 265 g/mol. The zero-order chi connectivity index (χ0) is 12.5. The number of aliphatic hydroxyl groups is 1. The molecule has 0 spiro atoms. The van der Waals surface area contributed by atoms with Gasteiger partial charge in [0.05, 0.1) is 12.1 Å². The minimum absolute atomic E-state index is 0.142. The van der Waals surface area contributed by atoms with Crippen LogP contribution in [0, 0.1) is 0 Å². The van der Waals surface area contributed by atoms with Crippen LogP contribution in [0.3, 0.4) is 0 Å². The molecule has 1 aliphatic heterocycles. The molecule has 1 N–H and O–H groups in total. The van der Waals surface area contributed by atoms with Crippen LogP contribution in [-0.4, -0.2) is 29.3 Å². The molecule has 3 unspecified atom stereocenters. The van der Waals surface area contributed by atoms with Crippen LogP contribution in [0.25, 0.3) is 0 Å². The first-order valence-electron chi connectivity index (χ1n) is 6.36. The van der Waals surface area contributed by atoms with E-state index in [0.717, 1.165) is 35.7 Å². The summed E-state index contributed by atoms with van der Waals surface area (Å²) in [5, 5.41) is 10.4. The highest BCUT2D eigenvalue weighted by Gasteiger charge is 2.36. The number of benzene rings is 1. The summed E-state index contributed by atoms with van der Waals surface area (Å²) in [7, 11) is 0. The van der Waals surface area contributed by atoms with Crippen molar-refractivity contribution in [2.45, 2.75) is 43.9 Å². The highest BCUT2D eigenvalue weighted by atomic mass is 35.5. The number of fused-ring (bicyclic) bond motifs is 1. The summed E-state index contributed by atoms with van der Waals surface area (Å²) in [6.07, 6.45) is 3.08. The Morgan fingerprint density at radius 3 is 3.11 bits per heavy atom. The van der Waals surface area contributed by atoms with E-state index in [9.17, 15) is 5.11 Å². The molecule has 0 saturated heterocycles. The zero-order valence-corrected chi connectivity index (χ0v) is 10.8. The molecule has 0 aromatic heterocycles. The molecule has 3 atom stereocenters. The normalized spacial score (nSPS) is 30.6. The number of aliphatic hydroxyl groups excluding tert-OH is 1. The quantitative estimate of drug-likeness (QED) is 0.893. The molecular formula is C14H16ClNO2.